The van der Waals surface area contributed by atoms with Crippen molar-refractivity contribution >= 4 is 22.6 Å². The molecule has 0 bridgehead atoms. The van der Waals surface area contributed by atoms with Crippen LogP contribution in [0.5, 0.6) is 5.88 Å². The molecule has 176 valence electrons. The zero-order valence-corrected chi connectivity index (χ0v) is 20.2. The Hall–Kier alpha value is -3.74. The molecule has 0 atom stereocenters. The van der Waals surface area contributed by atoms with Crippen molar-refractivity contribution in [2.45, 2.75) is 47.5 Å². The maximum absolute atomic E-state index is 13.9. The molecule has 0 aliphatic heterocycles. The molecule has 0 fully saturated rings. The Morgan fingerprint density at radius 2 is 1.88 bits per heavy atom. The van der Waals surface area contributed by atoms with Gasteiger partial charge in [-0.15, -0.1) is 0 Å². The van der Waals surface area contributed by atoms with Gasteiger partial charge in [-0.1, -0.05) is 12.1 Å². The molecule has 4 aromatic rings. The highest BCUT2D eigenvalue weighted by Gasteiger charge is 2.21. The number of hydrogen-bond donors (Lipinski definition) is 1. The third-order valence-electron chi connectivity index (χ3n) is 6.06. The highest BCUT2D eigenvalue weighted by Crippen LogP contribution is 2.32. The van der Waals surface area contributed by atoms with E-state index in [0.717, 1.165) is 33.5 Å². The molecule has 34 heavy (non-hydrogen) atoms. The predicted octanol–water partition coefficient (Wildman–Crippen LogP) is 5.76. The van der Waals surface area contributed by atoms with Crippen molar-refractivity contribution < 1.29 is 13.9 Å². The summed E-state index contributed by atoms with van der Waals surface area (Å²) in [5, 5.41) is 8.49. The number of ether oxygens (including phenoxy) is 1. The van der Waals surface area contributed by atoms with Crippen molar-refractivity contribution in [3.8, 4) is 11.6 Å². The van der Waals surface area contributed by atoms with Crippen LogP contribution in [-0.4, -0.2) is 27.3 Å². The first-order valence-corrected chi connectivity index (χ1v) is 11.4. The number of aromatic nitrogens is 3. The van der Waals surface area contributed by atoms with E-state index in [-0.39, 0.29) is 18.1 Å². The number of carbonyl (C=O) groups excluding carboxylic acids is 1. The van der Waals surface area contributed by atoms with E-state index in [1.54, 1.807) is 16.8 Å². The molecule has 1 N–H and O–H groups in total. The van der Waals surface area contributed by atoms with Crippen LogP contribution in [0.1, 0.15) is 41.3 Å². The zero-order valence-electron chi connectivity index (χ0n) is 20.2. The van der Waals surface area contributed by atoms with Gasteiger partial charge in [0.2, 0.25) is 11.8 Å². The number of halogens is 1. The second-order valence-corrected chi connectivity index (χ2v) is 8.48. The van der Waals surface area contributed by atoms with E-state index in [9.17, 15) is 9.18 Å². The van der Waals surface area contributed by atoms with Gasteiger partial charge in [0.05, 0.1) is 18.0 Å². The summed E-state index contributed by atoms with van der Waals surface area (Å²) in [5.74, 6) is 0.0633. The highest BCUT2D eigenvalue weighted by molar-refractivity contribution is 5.91. The number of amides is 1. The van der Waals surface area contributed by atoms with E-state index in [4.69, 9.17) is 9.72 Å². The average Bonchev–Trinajstić information content (AvgIpc) is 3.12. The van der Waals surface area contributed by atoms with Crippen molar-refractivity contribution in [1.82, 2.24) is 14.8 Å². The van der Waals surface area contributed by atoms with Gasteiger partial charge in [-0.2, -0.15) is 10.1 Å². The number of anilines is 1. The van der Waals surface area contributed by atoms with Gasteiger partial charge < -0.3 is 10.1 Å². The Morgan fingerprint density at radius 1 is 1.09 bits per heavy atom. The number of nitrogens with one attached hydrogen (secondary N) is 1. The normalized spacial score (nSPS) is 11.1. The number of nitrogens with zero attached hydrogens (tertiary/aromatic N) is 3. The molecule has 2 aromatic carbocycles. The van der Waals surface area contributed by atoms with Crippen LogP contribution >= 0.6 is 0 Å². The molecular formula is C27H29FN4O2. The SMILES string of the molecule is CCOc1nc2c(c(C)nn2-c2cccc(F)c2)c(C)c1CCC(=O)Nc1ccc(C)c(C)c1. The number of fused-ring (bicyclic) bond motifs is 1. The second-order valence-electron chi connectivity index (χ2n) is 8.48. The van der Waals surface area contributed by atoms with Crippen molar-refractivity contribution in [2.75, 3.05) is 11.9 Å². The summed E-state index contributed by atoms with van der Waals surface area (Å²) in [7, 11) is 0. The van der Waals surface area contributed by atoms with E-state index >= 15 is 0 Å². The Labute approximate surface area is 198 Å². The maximum atomic E-state index is 13.9. The largest absolute Gasteiger partial charge is 0.478 e. The molecule has 4 rings (SSSR count). The van der Waals surface area contributed by atoms with E-state index in [1.165, 1.54) is 17.7 Å². The minimum atomic E-state index is -0.341. The Morgan fingerprint density at radius 3 is 2.59 bits per heavy atom. The molecule has 0 saturated carbocycles. The summed E-state index contributed by atoms with van der Waals surface area (Å²) in [6, 6.07) is 12.1. The van der Waals surface area contributed by atoms with Crippen molar-refractivity contribution in [1.29, 1.82) is 0 Å². The molecule has 0 radical (unpaired) electrons. The summed E-state index contributed by atoms with van der Waals surface area (Å²) in [6.07, 6.45) is 0.767. The van der Waals surface area contributed by atoms with E-state index in [0.29, 0.717) is 30.2 Å². The predicted molar refractivity (Wildman–Crippen MR) is 132 cm³/mol. The number of aryl methyl sites for hydroxylation is 4. The van der Waals surface area contributed by atoms with E-state index in [2.05, 4.69) is 10.4 Å². The molecule has 7 heteroatoms. The van der Waals surface area contributed by atoms with Gasteiger partial charge >= 0.3 is 0 Å². The lowest BCUT2D eigenvalue weighted by molar-refractivity contribution is -0.116. The number of hydrogen-bond acceptors (Lipinski definition) is 4. The molecule has 2 heterocycles. The fourth-order valence-electron chi connectivity index (χ4n) is 4.15. The van der Waals surface area contributed by atoms with Gasteiger partial charge in [-0.25, -0.2) is 9.07 Å². The number of benzene rings is 2. The van der Waals surface area contributed by atoms with Crippen LogP contribution in [0.25, 0.3) is 16.7 Å². The van der Waals surface area contributed by atoms with Crippen molar-refractivity contribution in [2.24, 2.45) is 0 Å². The Kier molecular flexibility index (Phi) is 6.63. The monoisotopic (exact) mass is 460 g/mol. The molecule has 0 unspecified atom stereocenters. The number of rotatable bonds is 7. The first-order chi connectivity index (χ1) is 16.3. The van der Waals surface area contributed by atoms with Crippen LogP contribution in [0.4, 0.5) is 10.1 Å². The Balaban J connectivity index is 1.66. The lowest BCUT2D eigenvalue weighted by Crippen LogP contribution is -2.14. The molecule has 0 saturated heterocycles. The molecule has 0 spiro atoms. The van der Waals surface area contributed by atoms with Gasteiger partial charge in [0.1, 0.15) is 5.82 Å². The standard InChI is InChI=1S/C27H29FN4O2/c1-6-34-27-23(12-13-24(33)29-21-11-10-16(2)17(3)14-21)18(4)25-19(5)31-32(26(25)30-27)22-9-7-8-20(28)15-22/h7-11,14-15H,6,12-13H2,1-5H3,(H,29,33). The van der Waals surface area contributed by atoms with Gasteiger partial charge in [-0.3, -0.25) is 4.79 Å². The van der Waals surface area contributed by atoms with E-state index < -0.39 is 0 Å². The fourth-order valence-corrected chi connectivity index (χ4v) is 4.15. The smallest absolute Gasteiger partial charge is 0.224 e. The summed E-state index contributed by atoms with van der Waals surface area (Å²) in [5.41, 5.74) is 6.93. The van der Waals surface area contributed by atoms with Crippen LogP contribution in [0, 0.1) is 33.5 Å². The zero-order chi connectivity index (χ0) is 24.4. The minimum absolute atomic E-state index is 0.0719. The Bertz CT molecular complexity index is 1380. The summed E-state index contributed by atoms with van der Waals surface area (Å²) >= 11 is 0. The van der Waals surface area contributed by atoms with Crippen LogP contribution < -0.4 is 10.1 Å². The van der Waals surface area contributed by atoms with Crippen LogP contribution in [0.3, 0.4) is 0 Å². The van der Waals surface area contributed by atoms with E-state index in [1.807, 2.05) is 52.8 Å². The van der Waals surface area contributed by atoms with Gasteiger partial charge in [0, 0.05) is 23.1 Å². The second kappa shape index (κ2) is 9.63. The average molecular weight is 461 g/mol. The summed E-state index contributed by atoms with van der Waals surface area (Å²) < 4.78 is 21.4. The quantitative estimate of drug-likeness (QED) is 0.381. The maximum Gasteiger partial charge on any atom is 0.224 e. The van der Waals surface area contributed by atoms with Crippen LogP contribution in [0.2, 0.25) is 0 Å². The first-order valence-electron chi connectivity index (χ1n) is 11.4. The molecular weight excluding hydrogens is 431 g/mol. The third kappa shape index (κ3) is 4.64. The molecule has 0 aliphatic carbocycles. The fraction of sp³-hybridized carbons (Fsp3) is 0.296. The van der Waals surface area contributed by atoms with Gasteiger partial charge in [0.25, 0.3) is 0 Å². The molecule has 6 nitrogen and oxygen atoms in total. The third-order valence-corrected chi connectivity index (χ3v) is 6.06. The topological polar surface area (TPSA) is 69.0 Å². The summed E-state index contributed by atoms with van der Waals surface area (Å²) in [4.78, 5) is 17.4. The highest BCUT2D eigenvalue weighted by atomic mass is 19.1. The molecule has 2 aromatic heterocycles. The van der Waals surface area contributed by atoms with Crippen LogP contribution in [0.15, 0.2) is 42.5 Å². The van der Waals surface area contributed by atoms with Gasteiger partial charge in [0.15, 0.2) is 5.65 Å². The minimum Gasteiger partial charge on any atom is -0.478 e. The first kappa shape index (κ1) is 23.4. The van der Waals surface area contributed by atoms with Crippen molar-refractivity contribution in [3.63, 3.8) is 0 Å². The summed E-state index contributed by atoms with van der Waals surface area (Å²) in [6.45, 7) is 10.3. The van der Waals surface area contributed by atoms with Crippen molar-refractivity contribution in [3.05, 3.63) is 76.2 Å². The lowest BCUT2D eigenvalue weighted by Gasteiger charge is -2.14. The number of pyridine rings is 1. The van der Waals surface area contributed by atoms with Crippen LogP contribution in [-0.2, 0) is 11.2 Å². The lowest BCUT2D eigenvalue weighted by atomic mass is 10.0. The van der Waals surface area contributed by atoms with Gasteiger partial charge in [-0.05, 0) is 88.1 Å². The molecule has 0 aliphatic rings. The molecule has 1 amide bonds. The number of carbonyl (C=O) groups is 1.